The second-order valence-corrected chi connectivity index (χ2v) is 9.85. The molecule has 3 rings (SSSR count). The third-order valence-corrected chi connectivity index (χ3v) is 6.93. The average molecular weight is 561 g/mol. The molecule has 1 aromatic heterocycles. The lowest BCUT2D eigenvalue weighted by atomic mass is 10.1. The normalized spacial score (nSPS) is 10.6. The molecule has 10 heteroatoms. The first-order valence-electron chi connectivity index (χ1n) is 12.1. The summed E-state index contributed by atoms with van der Waals surface area (Å²) in [7, 11) is 4.74. The minimum absolute atomic E-state index is 0.0799. The van der Waals surface area contributed by atoms with Gasteiger partial charge in [-0.2, -0.15) is 0 Å². The van der Waals surface area contributed by atoms with E-state index in [-0.39, 0.29) is 31.5 Å². The maximum atomic E-state index is 13.5. The third-order valence-electron chi connectivity index (χ3n) is 5.82. The van der Waals surface area contributed by atoms with Crippen molar-refractivity contribution in [1.82, 2.24) is 9.80 Å². The molecular formula is C28H33ClN2O6S. The van der Waals surface area contributed by atoms with Gasteiger partial charge in [0.05, 0.1) is 33.9 Å². The second-order valence-electron chi connectivity index (χ2n) is 8.38. The van der Waals surface area contributed by atoms with E-state index in [0.717, 1.165) is 10.4 Å². The van der Waals surface area contributed by atoms with Crippen molar-refractivity contribution in [3.05, 3.63) is 75.4 Å². The van der Waals surface area contributed by atoms with Crippen molar-refractivity contribution < 1.29 is 28.5 Å². The predicted molar refractivity (Wildman–Crippen MR) is 148 cm³/mol. The molecule has 38 heavy (non-hydrogen) atoms. The Balaban J connectivity index is 1.69. The molecule has 2 aromatic carbocycles. The van der Waals surface area contributed by atoms with Gasteiger partial charge in [0.1, 0.15) is 5.75 Å². The lowest BCUT2D eigenvalue weighted by Crippen LogP contribution is -2.45. The topological polar surface area (TPSA) is 77.5 Å². The van der Waals surface area contributed by atoms with Gasteiger partial charge in [0.25, 0.3) is 5.91 Å². The number of halogens is 1. The number of thiophene rings is 1. The van der Waals surface area contributed by atoms with Gasteiger partial charge >= 0.3 is 0 Å². The highest BCUT2D eigenvalue weighted by molar-refractivity contribution is 7.09. The molecule has 0 aliphatic heterocycles. The molecule has 0 fully saturated rings. The standard InChI is InChI=1S/C28H33ClN2O6S/c1-34-15-14-31(28(33)20-37-23-9-7-22(29)8-10-23)19-27(32)30(18-24-5-4-16-38-24)13-12-21-6-11-25(35-2)26(17-21)36-3/h4-11,16-17H,12-15,18-20H2,1-3H3. The summed E-state index contributed by atoms with van der Waals surface area (Å²) in [6.45, 7) is 1.22. The molecule has 0 unspecified atom stereocenters. The van der Waals surface area contributed by atoms with Crippen molar-refractivity contribution in [1.29, 1.82) is 0 Å². The van der Waals surface area contributed by atoms with Gasteiger partial charge in [0.2, 0.25) is 5.91 Å². The number of hydrogen-bond acceptors (Lipinski definition) is 7. The molecule has 0 aliphatic rings. The number of rotatable bonds is 15. The number of methoxy groups -OCH3 is 3. The molecule has 0 radical (unpaired) electrons. The maximum absolute atomic E-state index is 13.5. The van der Waals surface area contributed by atoms with Gasteiger partial charge in [-0.3, -0.25) is 9.59 Å². The third kappa shape index (κ3) is 8.93. The zero-order valence-corrected chi connectivity index (χ0v) is 23.4. The van der Waals surface area contributed by atoms with Crippen LogP contribution in [0, 0.1) is 0 Å². The number of benzene rings is 2. The van der Waals surface area contributed by atoms with Crippen LogP contribution in [0.3, 0.4) is 0 Å². The molecule has 0 saturated carbocycles. The highest BCUT2D eigenvalue weighted by Gasteiger charge is 2.22. The van der Waals surface area contributed by atoms with Crippen LogP contribution in [0.15, 0.2) is 60.0 Å². The second kappa shape index (κ2) is 15.2. The van der Waals surface area contributed by atoms with E-state index in [1.807, 2.05) is 35.7 Å². The molecule has 0 saturated heterocycles. The smallest absolute Gasteiger partial charge is 0.261 e. The van der Waals surface area contributed by atoms with Crippen LogP contribution in [0.5, 0.6) is 17.2 Å². The van der Waals surface area contributed by atoms with Crippen molar-refractivity contribution in [2.24, 2.45) is 0 Å². The van der Waals surface area contributed by atoms with Crippen LogP contribution in [0.1, 0.15) is 10.4 Å². The molecular weight excluding hydrogens is 528 g/mol. The van der Waals surface area contributed by atoms with Crippen molar-refractivity contribution in [3.8, 4) is 17.2 Å². The van der Waals surface area contributed by atoms with Crippen molar-refractivity contribution in [3.63, 3.8) is 0 Å². The first-order valence-corrected chi connectivity index (χ1v) is 13.4. The number of carbonyl (C=O) groups excluding carboxylic acids is 2. The van der Waals surface area contributed by atoms with E-state index >= 15 is 0 Å². The molecule has 3 aromatic rings. The average Bonchev–Trinajstić information content (AvgIpc) is 3.45. The van der Waals surface area contributed by atoms with E-state index in [4.69, 9.17) is 30.5 Å². The monoisotopic (exact) mass is 560 g/mol. The SMILES string of the molecule is COCCN(CC(=O)N(CCc1ccc(OC)c(OC)c1)Cc1cccs1)C(=O)COc1ccc(Cl)cc1. The number of nitrogens with zero attached hydrogens (tertiary/aromatic N) is 2. The fourth-order valence-corrected chi connectivity index (χ4v) is 4.55. The summed E-state index contributed by atoms with van der Waals surface area (Å²) in [5, 5.41) is 2.56. The lowest BCUT2D eigenvalue weighted by molar-refractivity contribution is -0.142. The summed E-state index contributed by atoms with van der Waals surface area (Å²) in [5.41, 5.74) is 1.01. The Morgan fingerprint density at radius 3 is 2.32 bits per heavy atom. The minimum atomic E-state index is -0.304. The largest absolute Gasteiger partial charge is 0.493 e. The first kappa shape index (κ1) is 29.3. The van der Waals surface area contributed by atoms with E-state index in [0.29, 0.717) is 48.4 Å². The van der Waals surface area contributed by atoms with E-state index in [9.17, 15) is 9.59 Å². The van der Waals surface area contributed by atoms with Gasteiger partial charge in [-0.1, -0.05) is 23.7 Å². The summed E-state index contributed by atoms with van der Waals surface area (Å²) >= 11 is 7.50. The van der Waals surface area contributed by atoms with Crippen molar-refractivity contribution in [2.45, 2.75) is 13.0 Å². The first-order chi connectivity index (χ1) is 18.4. The maximum Gasteiger partial charge on any atom is 0.261 e. The summed E-state index contributed by atoms with van der Waals surface area (Å²) < 4.78 is 21.5. The molecule has 0 aliphatic carbocycles. The van der Waals surface area contributed by atoms with Gasteiger partial charge in [0.15, 0.2) is 18.1 Å². The molecule has 8 nitrogen and oxygen atoms in total. The van der Waals surface area contributed by atoms with Crippen LogP contribution >= 0.6 is 22.9 Å². The quantitative estimate of drug-likeness (QED) is 0.271. The highest BCUT2D eigenvalue weighted by Crippen LogP contribution is 2.28. The van der Waals surface area contributed by atoms with Crippen molar-refractivity contribution >= 4 is 34.8 Å². The summed E-state index contributed by atoms with van der Waals surface area (Å²) in [6, 6.07) is 16.4. The number of carbonyl (C=O) groups is 2. The zero-order valence-electron chi connectivity index (χ0n) is 21.9. The Morgan fingerprint density at radius 1 is 0.895 bits per heavy atom. The molecule has 0 atom stereocenters. The molecule has 0 bridgehead atoms. The van der Waals surface area contributed by atoms with E-state index in [1.165, 1.54) is 4.90 Å². The van der Waals surface area contributed by atoms with Crippen molar-refractivity contribution in [2.75, 3.05) is 54.2 Å². The predicted octanol–water partition coefficient (Wildman–Crippen LogP) is 4.54. The Labute approximate surface area is 232 Å². The Morgan fingerprint density at radius 2 is 1.66 bits per heavy atom. The zero-order chi connectivity index (χ0) is 27.3. The van der Waals surface area contributed by atoms with Gasteiger partial charge in [-0.05, 0) is 59.8 Å². The fraction of sp³-hybridized carbons (Fsp3) is 0.357. The van der Waals surface area contributed by atoms with Gasteiger partial charge < -0.3 is 28.7 Å². The molecule has 1 heterocycles. The van der Waals surface area contributed by atoms with Crippen LogP contribution in [-0.4, -0.2) is 75.8 Å². The van der Waals surface area contributed by atoms with Crippen LogP contribution in [-0.2, 0) is 27.3 Å². The summed E-state index contributed by atoms with van der Waals surface area (Å²) in [4.78, 5) is 30.8. The molecule has 0 spiro atoms. The number of hydrogen-bond donors (Lipinski definition) is 0. The molecule has 2 amide bonds. The van der Waals surface area contributed by atoms with Gasteiger partial charge in [0, 0.05) is 30.1 Å². The number of amides is 2. The minimum Gasteiger partial charge on any atom is -0.493 e. The lowest BCUT2D eigenvalue weighted by Gasteiger charge is -2.27. The Kier molecular flexibility index (Phi) is 11.7. The van der Waals surface area contributed by atoms with Crippen LogP contribution in [0.4, 0.5) is 0 Å². The van der Waals surface area contributed by atoms with Crippen LogP contribution in [0.2, 0.25) is 5.02 Å². The molecule has 204 valence electrons. The van der Waals surface area contributed by atoms with E-state index in [2.05, 4.69) is 0 Å². The summed E-state index contributed by atoms with van der Waals surface area (Å²) in [5.74, 6) is 1.35. The van der Waals surface area contributed by atoms with Gasteiger partial charge in [-0.15, -0.1) is 11.3 Å². The highest BCUT2D eigenvalue weighted by atomic mass is 35.5. The fourth-order valence-electron chi connectivity index (χ4n) is 3.71. The van der Waals surface area contributed by atoms with Crippen LogP contribution < -0.4 is 14.2 Å². The van der Waals surface area contributed by atoms with E-state index < -0.39 is 0 Å². The van der Waals surface area contributed by atoms with Gasteiger partial charge in [-0.25, -0.2) is 0 Å². The molecule has 0 N–H and O–H groups in total. The number of ether oxygens (including phenoxy) is 4. The Bertz CT molecular complexity index is 1160. The van der Waals surface area contributed by atoms with E-state index in [1.54, 1.807) is 61.8 Å². The summed E-state index contributed by atoms with van der Waals surface area (Å²) in [6.07, 6.45) is 0.614. The van der Waals surface area contributed by atoms with Crippen LogP contribution in [0.25, 0.3) is 0 Å². The Hall–Kier alpha value is -3.27.